The average Bonchev–Trinajstić information content (AvgIpc) is 3.18. The molecule has 4 aliphatic rings. The van der Waals surface area contributed by atoms with Crippen LogP contribution >= 0.6 is 0 Å². The summed E-state index contributed by atoms with van der Waals surface area (Å²) in [6.45, 7) is 20.4. The molecule has 9 atom stereocenters. The molecule has 206 valence electrons. The molecule has 37 heavy (non-hydrogen) atoms. The third-order valence-electron chi connectivity index (χ3n) is 11.4. The van der Waals surface area contributed by atoms with Crippen molar-refractivity contribution in [3.63, 3.8) is 0 Å². The first kappa shape index (κ1) is 28.3. The van der Waals surface area contributed by atoms with Crippen LogP contribution in [-0.2, 0) is 14.3 Å². The Labute approximate surface area is 223 Å². The van der Waals surface area contributed by atoms with Gasteiger partial charge >= 0.3 is 5.97 Å². The van der Waals surface area contributed by atoms with Gasteiger partial charge in [-0.15, -0.1) is 0 Å². The monoisotopic (exact) mass is 512 g/mol. The van der Waals surface area contributed by atoms with Crippen LogP contribution < -0.4 is 0 Å². The topological polar surface area (TPSA) is 83.8 Å². The summed E-state index contributed by atoms with van der Waals surface area (Å²) < 4.78 is 5.78. The van der Waals surface area contributed by atoms with Crippen LogP contribution in [0.1, 0.15) is 93.9 Å². The number of ketones is 1. The lowest BCUT2D eigenvalue weighted by atomic mass is 9.43. The molecule has 0 bridgehead atoms. The number of carbonyl (C=O) groups is 2. The summed E-state index contributed by atoms with van der Waals surface area (Å²) in [7, 11) is 0. The van der Waals surface area contributed by atoms with E-state index < -0.39 is 11.7 Å². The number of aliphatic hydroxyl groups excluding tert-OH is 1. The quantitative estimate of drug-likeness (QED) is 0.276. The number of ether oxygens (including phenoxy) is 1. The maximum atomic E-state index is 13.7. The van der Waals surface area contributed by atoms with Crippen molar-refractivity contribution in [3.05, 3.63) is 35.5 Å². The van der Waals surface area contributed by atoms with Crippen LogP contribution in [0.4, 0.5) is 0 Å². The largest absolute Gasteiger partial charge is 0.462 e. The van der Waals surface area contributed by atoms with Gasteiger partial charge in [-0.2, -0.15) is 0 Å². The van der Waals surface area contributed by atoms with Crippen LogP contribution in [-0.4, -0.2) is 39.8 Å². The Bertz CT molecular complexity index is 1050. The zero-order valence-corrected chi connectivity index (χ0v) is 24.2. The second-order valence-electron chi connectivity index (χ2n) is 14.0. The number of hydrogen-bond acceptors (Lipinski definition) is 5. The number of aliphatic hydroxyl groups is 2. The molecule has 4 rings (SSSR count). The van der Waals surface area contributed by atoms with Crippen LogP contribution in [0.5, 0.6) is 0 Å². The molecule has 0 unspecified atom stereocenters. The minimum absolute atomic E-state index is 0.00116. The number of rotatable bonds is 4. The van der Waals surface area contributed by atoms with Crippen LogP contribution in [0.2, 0.25) is 0 Å². The highest BCUT2D eigenvalue weighted by molar-refractivity contribution is 6.00. The van der Waals surface area contributed by atoms with E-state index >= 15 is 0 Å². The number of carbonyl (C=O) groups excluding carboxylic acids is 2. The summed E-state index contributed by atoms with van der Waals surface area (Å²) >= 11 is 0. The predicted octanol–water partition coefficient (Wildman–Crippen LogP) is 5.95. The molecular formula is C32H48O5. The van der Waals surface area contributed by atoms with E-state index in [1.165, 1.54) is 6.92 Å². The summed E-state index contributed by atoms with van der Waals surface area (Å²) in [5, 5.41) is 21.5. The lowest BCUT2D eigenvalue weighted by Crippen LogP contribution is -2.58. The fourth-order valence-electron chi connectivity index (χ4n) is 9.40. The predicted molar refractivity (Wildman–Crippen MR) is 146 cm³/mol. The number of fused-ring (bicyclic) bond motifs is 3. The van der Waals surface area contributed by atoms with E-state index in [-0.39, 0.29) is 51.9 Å². The third kappa shape index (κ3) is 4.29. The smallest absolute Gasteiger partial charge is 0.302 e. The van der Waals surface area contributed by atoms with E-state index in [2.05, 4.69) is 34.3 Å². The van der Waals surface area contributed by atoms with Crippen molar-refractivity contribution < 1.29 is 24.5 Å². The fourth-order valence-corrected chi connectivity index (χ4v) is 9.40. The number of allylic oxidation sites excluding steroid dienone is 4. The Balaban J connectivity index is 1.67. The fraction of sp³-hybridized carbons (Fsp3) is 0.750. The normalized spacial score (nSPS) is 46.5. The van der Waals surface area contributed by atoms with Gasteiger partial charge in [0.25, 0.3) is 0 Å². The number of esters is 1. The molecule has 4 fully saturated rings. The average molecular weight is 513 g/mol. The number of Topliss-reactive ketones (excluding diaryl/α,β-unsaturated/α-hetero) is 1. The second-order valence-corrected chi connectivity index (χ2v) is 14.0. The molecule has 0 aromatic carbocycles. The Morgan fingerprint density at radius 2 is 1.70 bits per heavy atom. The van der Waals surface area contributed by atoms with Gasteiger partial charge in [0, 0.05) is 35.7 Å². The Kier molecular flexibility index (Phi) is 7.03. The summed E-state index contributed by atoms with van der Waals surface area (Å²) in [6.07, 6.45) is 7.93. The molecule has 0 amide bonds. The lowest BCUT2D eigenvalue weighted by molar-refractivity contribution is -0.185. The van der Waals surface area contributed by atoms with E-state index in [9.17, 15) is 19.8 Å². The number of hydrogen-bond donors (Lipinski definition) is 2. The van der Waals surface area contributed by atoms with E-state index in [0.717, 1.165) is 42.4 Å². The second kappa shape index (κ2) is 9.19. The molecule has 0 aromatic rings. The van der Waals surface area contributed by atoms with Crippen LogP contribution in [0.25, 0.3) is 0 Å². The van der Waals surface area contributed by atoms with Crippen LogP contribution in [0.3, 0.4) is 0 Å². The highest BCUT2D eigenvalue weighted by atomic mass is 16.5. The third-order valence-corrected chi connectivity index (χ3v) is 11.4. The first-order valence-corrected chi connectivity index (χ1v) is 14.1. The maximum absolute atomic E-state index is 13.7. The summed E-state index contributed by atoms with van der Waals surface area (Å²) in [5.41, 5.74) is 1.30. The van der Waals surface area contributed by atoms with Crippen molar-refractivity contribution in [2.75, 3.05) is 0 Å². The first-order valence-electron chi connectivity index (χ1n) is 14.1. The molecule has 4 saturated carbocycles. The molecule has 0 spiro atoms. The Hall–Kier alpha value is -1.72. The van der Waals surface area contributed by atoms with Crippen molar-refractivity contribution >= 4 is 11.8 Å². The first-order chi connectivity index (χ1) is 17.0. The molecule has 2 N–H and O–H groups in total. The highest BCUT2D eigenvalue weighted by Crippen LogP contribution is 2.69. The van der Waals surface area contributed by atoms with E-state index in [4.69, 9.17) is 4.74 Å². The van der Waals surface area contributed by atoms with Crippen molar-refractivity contribution in [1.29, 1.82) is 0 Å². The molecule has 5 heteroatoms. The van der Waals surface area contributed by atoms with Gasteiger partial charge in [-0.05, 0) is 81.6 Å². The van der Waals surface area contributed by atoms with Gasteiger partial charge < -0.3 is 14.9 Å². The molecule has 0 radical (unpaired) electrons. The van der Waals surface area contributed by atoms with Crippen LogP contribution in [0.15, 0.2) is 35.5 Å². The van der Waals surface area contributed by atoms with E-state index in [1.54, 1.807) is 6.92 Å². The zero-order chi connectivity index (χ0) is 27.7. The van der Waals surface area contributed by atoms with Gasteiger partial charge in [-0.25, -0.2) is 0 Å². The van der Waals surface area contributed by atoms with Gasteiger partial charge in [0.2, 0.25) is 0 Å². The molecule has 0 aromatic heterocycles. The van der Waals surface area contributed by atoms with Crippen molar-refractivity contribution in [3.8, 4) is 0 Å². The molecule has 0 saturated heterocycles. The summed E-state index contributed by atoms with van der Waals surface area (Å²) in [4.78, 5) is 25.5. The van der Waals surface area contributed by atoms with Crippen molar-refractivity contribution in [2.24, 2.45) is 39.9 Å². The Morgan fingerprint density at radius 1 is 1.05 bits per heavy atom. The van der Waals surface area contributed by atoms with E-state index in [1.807, 2.05) is 26.0 Å². The molecule has 0 heterocycles. The minimum Gasteiger partial charge on any atom is -0.462 e. The van der Waals surface area contributed by atoms with Gasteiger partial charge in [0.15, 0.2) is 5.78 Å². The standard InChI is InChI=1S/C32H48O5/c1-18(2)21-16-26(35)32(9,36)22(21)11-10-19(3)28-23(34)17-25-30(7)15-13-27(37-20(4)33)29(5,6)24(30)12-14-31(25,28)8/h10-11,21-22,24-27,35-36H,1,12-17H2,2-9H3/b11-10?,28-19+/t21-,22-,24-,25-,26-,27-,30-,31-,32+/m0/s1. The summed E-state index contributed by atoms with van der Waals surface area (Å²) in [6, 6.07) is 0. The molecule has 5 nitrogen and oxygen atoms in total. The summed E-state index contributed by atoms with van der Waals surface area (Å²) in [5.74, 6) is 0.416. The molecular weight excluding hydrogens is 464 g/mol. The van der Waals surface area contributed by atoms with Crippen molar-refractivity contribution in [1.82, 2.24) is 0 Å². The highest BCUT2D eigenvalue weighted by Gasteiger charge is 2.65. The van der Waals surface area contributed by atoms with Crippen molar-refractivity contribution in [2.45, 2.75) is 112 Å². The van der Waals surface area contributed by atoms with Gasteiger partial charge in [-0.3, -0.25) is 9.59 Å². The Morgan fingerprint density at radius 3 is 2.30 bits per heavy atom. The lowest BCUT2D eigenvalue weighted by Gasteiger charge is -2.62. The SMILES string of the molecule is C=C(C)[C@@H]1C[C@H](O)[C@](C)(O)[C@H]1C=C/C(C)=C1\C(=O)C[C@H]2[C@@]3(C)CC[C@H](OC(C)=O)C(C)(C)[C@@H]3CC[C@]12C. The zero-order valence-electron chi connectivity index (χ0n) is 24.2. The maximum Gasteiger partial charge on any atom is 0.302 e. The van der Waals surface area contributed by atoms with Crippen LogP contribution in [0, 0.1) is 39.9 Å². The van der Waals surface area contributed by atoms with Gasteiger partial charge in [0.05, 0.1) is 11.7 Å². The van der Waals surface area contributed by atoms with E-state index in [0.29, 0.717) is 18.8 Å². The molecule has 4 aliphatic carbocycles. The van der Waals surface area contributed by atoms with Gasteiger partial charge in [0.1, 0.15) is 6.10 Å². The minimum atomic E-state index is -1.23. The van der Waals surface area contributed by atoms with Gasteiger partial charge in [-0.1, -0.05) is 52.0 Å². The molecule has 0 aliphatic heterocycles.